The van der Waals surface area contributed by atoms with Crippen LogP contribution in [-0.2, 0) is 14.8 Å². The van der Waals surface area contributed by atoms with E-state index in [4.69, 9.17) is 9.84 Å². The number of aliphatic carboxylic acids is 1. The molecule has 0 aliphatic heterocycles. The molecular weight excluding hydrogens is 282 g/mol. The lowest BCUT2D eigenvalue weighted by atomic mass is 10.3. The molecule has 0 heterocycles. The van der Waals surface area contributed by atoms with Gasteiger partial charge in [0.15, 0.2) is 0 Å². The van der Waals surface area contributed by atoms with Crippen molar-refractivity contribution in [2.45, 2.75) is 24.7 Å². The molecule has 0 spiro atoms. The zero-order valence-electron chi connectivity index (χ0n) is 11.6. The molecule has 0 aliphatic carbocycles. The first-order valence-electron chi connectivity index (χ1n) is 6.29. The number of nitrogens with zero attached hydrogens (tertiary/aromatic N) is 1. The first-order chi connectivity index (χ1) is 9.37. The predicted octanol–water partition coefficient (Wildman–Crippen LogP) is 1.57. The summed E-state index contributed by atoms with van der Waals surface area (Å²) in [5.41, 5.74) is 0. The zero-order chi connectivity index (χ0) is 15.2. The molecule has 20 heavy (non-hydrogen) atoms. The summed E-state index contributed by atoms with van der Waals surface area (Å²) in [5, 5.41) is 8.49. The Balaban J connectivity index is 2.73. The van der Waals surface area contributed by atoms with Crippen LogP contribution in [0.4, 0.5) is 0 Å². The van der Waals surface area contributed by atoms with Crippen LogP contribution in [0.2, 0.25) is 0 Å². The maximum atomic E-state index is 12.1. The van der Waals surface area contributed by atoms with Crippen LogP contribution in [0.15, 0.2) is 29.2 Å². The van der Waals surface area contributed by atoms with Gasteiger partial charge in [-0.15, -0.1) is 0 Å². The topological polar surface area (TPSA) is 83.9 Å². The van der Waals surface area contributed by atoms with E-state index in [0.29, 0.717) is 12.3 Å². The average Bonchev–Trinajstić information content (AvgIpc) is 2.39. The fraction of sp³-hybridized carbons (Fsp3) is 0.462. The molecule has 0 atom stereocenters. The average molecular weight is 301 g/mol. The van der Waals surface area contributed by atoms with Crippen molar-refractivity contribution in [1.29, 1.82) is 0 Å². The van der Waals surface area contributed by atoms with Gasteiger partial charge < -0.3 is 9.84 Å². The molecule has 7 heteroatoms. The highest BCUT2D eigenvalue weighted by molar-refractivity contribution is 7.89. The summed E-state index contributed by atoms with van der Waals surface area (Å²) in [6.07, 6.45) is 0.644. The van der Waals surface area contributed by atoms with Gasteiger partial charge in [-0.3, -0.25) is 4.79 Å². The molecular formula is C13H19NO5S. The van der Waals surface area contributed by atoms with Gasteiger partial charge in [-0.05, 0) is 30.7 Å². The van der Waals surface area contributed by atoms with Gasteiger partial charge in [0.1, 0.15) is 5.75 Å². The second-order valence-electron chi connectivity index (χ2n) is 4.29. The predicted molar refractivity (Wildman–Crippen MR) is 74.3 cm³/mol. The summed E-state index contributed by atoms with van der Waals surface area (Å²) >= 11 is 0. The van der Waals surface area contributed by atoms with Crippen LogP contribution in [0.25, 0.3) is 0 Å². The van der Waals surface area contributed by atoms with Crippen molar-refractivity contribution < 1.29 is 23.1 Å². The Morgan fingerprint density at radius 1 is 1.30 bits per heavy atom. The third-order valence-electron chi connectivity index (χ3n) is 2.66. The number of rotatable bonds is 8. The van der Waals surface area contributed by atoms with Crippen LogP contribution < -0.4 is 4.74 Å². The Bertz CT molecular complexity index is 538. The quantitative estimate of drug-likeness (QED) is 0.788. The summed E-state index contributed by atoms with van der Waals surface area (Å²) in [5.74, 6) is -0.492. The van der Waals surface area contributed by atoms with Crippen molar-refractivity contribution in [1.82, 2.24) is 4.31 Å². The van der Waals surface area contributed by atoms with Crippen molar-refractivity contribution in [3.8, 4) is 5.75 Å². The van der Waals surface area contributed by atoms with E-state index in [9.17, 15) is 13.2 Å². The SMILES string of the molecule is CCCN(C)S(=O)(=O)c1ccc(OCCC(=O)O)cc1. The number of hydrogen-bond acceptors (Lipinski definition) is 4. The van der Waals surface area contributed by atoms with E-state index in [1.807, 2.05) is 6.92 Å². The van der Waals surface area contributed by atoms with Crippen molar-refractivity contribution in [2.75, 3.05) is 20.2 Å². The van der Waals surface area contributed by atoms with Gasteiger partial charge in [-0.25, -0.2) is 12.7 Å². The lowest BCUT2D eigenvalue weighted by Gasteiger charge is -2.16. The molecule has 1 N–H and O–H groups in total. The van der Waals surface area contributed by atoms with Crippen molar-refractivity contribution in [3.63, 3.8) is 0 Å². The fourth-order valence-electron chi connectivity index (χ4n) is 1.58. The number of carboxylic acid groups (broad SMARTS) is 1. The molecule has 0 aromatic heterocycles. The van der Waals surface area contributed by atoms with E-state index in [0.717, 1.165) is 6.42 Å². The summed E-state index contributed by atoms with van der Waals surface area (Å²) in [6.45, 7) is 2.42. The second kappa shape index (κ2) is 7.25. The lowest BCUT2D eigenvalue weighted by molar-refractivity contribution is -0.137. The molecule has 0 saturated heterocycles. The van der Waals surface area contributed by atoms with E-state index in [1.165, 1.54) is 35.6 Å². The molecule has 0 radical (unpaired) electrons. The fourth-order valence-corrected chi connectivity index (χ4v) is 2.84. The standard InChI is InChI=1S/C13H19NO5S/c1-3-9-14(2)20(17,18)12-6-4-11(5-7-12)19-10-8-13(15)16/h4-7H,3,8-10H2,1-2H3,(H,15,16). The van der Waals surface area contributed by atoms with Gasteiger partial charge in [0.25, 0.3) is 0 Å². The van der Waals surface area contributed by atoms with Crippen LogP contribution in [0, 0.1) is 0 Å². The molecule has 0 bridgehead atoms. The van der Waals surface area contributed by atoms with Crippen LogP contribution in [-0.4, -0.2) is 44.0 Å². The van der Waals surface area contributed by atoms with Gasteiger partial charge in [0, 0.05) is 13.6 Å². The Morgan fingerprint density at radius 2 is 1.90 bits per heavy atom. The minimum atomic E-state index is -3.47. The maximum Gasteiger partial charge on any atom is 0.306 e. The van der Waals surface area contributed by atoms with E-state index in [-0.39, 0.29) is 17.9 Å². The number of carboxylic acids is 1. The molecule has 0 fully saturated rings. The summed E-state index contributed by atoms with van der Waals surface area (Å²) in [6, 6.07) is 5.96. The number of hydrogen-bond donors (Lipinski definition) is 1. The van der Waals surface area contributed by atoms with E-state index in [1.54, 1.807) is 0 Å². The number of benzene rings is 1. The third kappa shape index (κ3) is 4.50. The minimum absolute atomic E-state index is 0.0527. The minimum Gasteiger partial charge on any atom is -0.493 e. The van der Waals surface area contributed by atoms with Gasteiger partial charge in [-0.1, -0.05) is 6.92 Å². The summed E-state index contributed by atoms with van der Waals surface area (Å²) < 4.78 is 30.8. The number of carbonyl (C=O) groups is 1. The molecule has 0 saturated carbocycles. The Kier molecular flexibility index (Phi) is 5.97. The Hall–Kier alpha value is -1.60. The molecule has 0 unspecified atom stereocenters. The monoisotopic (exact) mass is 301 g/mol. The maximum absolute atomic E-state index is 12.1. The number of sulfonamides is 1. The van der Waals surface area contributed by atoms with Crippen molar-refractivity contribution >= 4 is 16.0 Å². The van der Waals surface area contributed by atoms with Crippen LogP contribution in [0.3, 0.4) is 0 Å². The Morgan fingerprint density at radius 3 is 2.40 bits per heavy atom. The van der Waals surface area contributed by atoms with Crippen molar-refractivity contribution in [3.05, 3.63) is 24.3 Å². The highest BCUT2D eigenvalue weighted by atomic mass is 32.2. The summed E-state index contributed by atoms with van der Waals surface area (Å²) in [7, 11) is -1.93. The van der Waals surface area contributed by atoms with Gasteiger partial charge in [-0.2, -0.15) is 0 Å². The van der Waals surface area contributed by atoms with Crippen LogP contribution in [0.5, 0.6) is 5.75 Å². The second-order valence-corrected chi connectivity index (χ2v) is 6.34. The van der Waals surface area contributed by atoms with Gasteiger partial charge >= 0.3 is 5.97 Å². The normalized spacial score (nSPS) is 11.6. The first kappa shape index (κ1) is 16.5. The molecule has 6 nitrogen and oxygen atoms in total. The van der Waals surface area contributed by atoms with Crippen LogP contribution in [0.1, 0.15) is 19.8 Å². The van der Waals surface area contributed by atoms with E-state index in [2.05, 4.69) is 0 Å². The van der Waals surface area contributed by atoms with Gasteiger partial charge in [0.2, 0.25) is 10.0 Å². The van der Waals surface area contributed by atoms with E-state index >= 15 is 0 Å². The molecule has 1 aromatic carbocycles. The molecule has 112 valence electrons. The van der Waals surface area contributed by atoms with E-state index < -0.39 is 16.0 Å². The largest absolute Gasteiger partial charge is 0.493 e. The highest BCUT2D eigenvalue weighted by Crippen LogP contribution is 2.19. The molecule has 1 aromatic rings. The highest BCUT2D eigenvalue weighted by Gasteiger charge is 2.19. The van der Waals surface area contributed by atoms with Crippen LogP contribution >= 0.6 is 0 Å². The molecule has 1 rings (SSSR count). The molecule has 0 aliphatic rings. The zero-order valence-corrected chi connectivity index (χ0v) is 12.4. The van der Waals surface area contributed by atoms with Gasteiger partial charge in [0.05, 0.1) is 17.9 Å². The molecule has 0 amide bonds. The van der Waals surface area contributed by atoms with Crippen molar-refractivity contribution in [2.24, 2.45) is 0 Å². The third-order valence-corrected chi connectivity index (χ3v) is 4.53. The summed E-state index contributed by atoms with van der Waals surface area (Å²) in [4.78, 5) is 10.5. The first-order valence-corrected chi connectivity index (χ1v) is 7.73. The smallest absolute Gasteiger partial charge is 0.306 e. The lowest BCUT2D eigenvalue weighted by Crippen LogP contribution is -2.27. The number of ether oxygens (including phenoxy) is 1. The Labute approximate surface area is 119 Å².